The van der Waals surface area contributed by atoms with Gasteiger partial charge in [-0.3, -0.25) is 14.6 Å². The van der Waals surface area contributed by atoms with E-state index >= 15 is 0 Å². The highest BCUT2D eigenvalue weighted by Crippen LogP contribution is 2.11. The fourth-order valence-electron chi connectivity index (χ4n) is 3.10. The van der Waals surface area contributed by atoms with Crippen molar-refractivity contribution >= 4 is 17.8 Å². The number of hydrogen-bond donors (Lipinski definition) is 3. The Morgan fingerprint density at radius 1 is 1.07 bits per heavy atom. The summed E-state index contributed by atoms with van der Waals surface area (Å²) in [5, 5.41) is 9.25. The molecule has 0 atom stereocenters. The molecule has 0 aromatic heterocycles. The average molecular weight is 409 g/mol. The van der Waals surface area contributed by atoms with Crippen LogP contribution in [0.3, 0.4) is 0 Å². The van der Waals surface area contributed by atoms with Crippen molar-refractivity contribution in [3.8, 4) is 5.75 Å². The molecule has 1 fully saturated rings. The Hall–Kier alpha value is -3.55. The highest BCUT2D eigenvalue weighted by atomic mass is 16.5. The summed E-state index contributed by atoms with van der Waals surface area (Å²) in [7, 11) is 3.37. The SMILES string of the molecule is CN=C(NCc1ccc(OC)cc1)NCc1ccc(C(=O)N2CCNC(=O)C2)cc1. The van der Waals surface area contributed by atoms with Crippen LogP contribution in [0.4, 0.5) is 0 Å². The molecule has 8 nitrogen and oxygen atoms in total. The molecule has 1 heterocycles. The molecule has 2 amide bonds. The van der Waals surface area contributed by atoms with E-state index in [1.807, 2.05) is 36.4 Å². The van der Waals surface area contributed by atoms with Gasteiger partial charge in [0.2, 0.25) is 5.91 Å². The summed E-state index contributed by atoms with van der Waals surface area (Å²) in [6, 6.07) is 15.2. The zero-order valence-electron chi connectivity index (χ0n) is 17.3. The Kier molecular flexibility index (Phi) is 7.26. The van der Waals surface area contributed by atoms with Gasteiger partial charge < -0.3 is 25.6 Å². The number of ether oxygens (including phenoxy) is 1. The second-order valence-electron chi connectivity index (χ2n) is 6.90. The molecule has 3 N–H and O–H groups in total. The molecular formula is C22H27N5O3. The van der Waals surface area contributed by atoms with Gasteiger partial charge in [0.15, 0.2) is 5.96 Å². The van der Waals surface area contributed by atoms with Gasteiger partial charge in [-0.2, -0.15) is 0 Å². The Bertz CT molecular complexity index is 894. The summed E-state index contributed by atoms with van der Waals surface area (Å²) in [6.07, 6.45) is 0. The Morgan fingerprint density at radius 2 is 1.67 bits per heavy atom. The van der Waals surface area contributed by atoms with Gasteiger partial charge in [0.25, 0.3) is 5.91 Å². The Morgan fingerprint density at radius 3 is 2.20 bits per heavy atom. The van der Waals surface area contributed by atoms with E-state index in [-0.39, 0.29) is 18.4 Å². The highest BCUT2D eigenvalue weighted by molar-refractivity contribution is 5.97. The average Bonchev–Trinajstić information content (AvgIpc) is 2.79. The van der Waals surface area contributed by atoms with Crippen molar-refractivity contribution in [3.63, 3.8) is 0 Å². The summed E-state index contributed by atoms with van der Waals surface area (Å²) in [5.74, 6) is 1.27. The van der Waals surface area contributed by atoms with E-state index in [0.29, 0.717) is 37.7 Å². The second kappa shape index (κ2) is 10.3. The number of hydrogen-bond acceptors (Lipinski definition) is 4. The van der Waals surface area contributed by atoms with Crippen LogP contribution in [0.2, 0.25) is 0 Å². The summed E-state index contributed by atoms with van der Waals surface area (Å²) < 4.78 is 5.17. The van der Waals surface area contributed by atoms with E-state index in [1.165, 1.54) is 0 Å². The number of amides is 2. The number of nitrogens with zero attached hydrogens (tertiary/aromatic N) is 2. The summed E-state index contributed by atoms with van der Waals surface area (Å²) in [4.78, 5) is 29.8. The molecule has 0 bridgehead atoms. The molecule has 3 rings (SSSR count). The van der Waals surface area contributed by atoms with E-state index in [9.17, 15) is 9.59 Å². The molecule has 30 heavy (non-hydrogen) atoms. The van der Waals surface area contributed by atoms with Gasteiger partial charge >= 0.3 is 0 Å². The molecule has 1 aliphatic rings. The molecule has 1 saturated heterocycles. The van der Waals surface area contributed by atoms with E-state index in [2.05, 4.69) is 20.9 Å². The van der Waals surface area contributed by atoms with Crippen molar-refractivity contribution in [1.29, 1.82) is 0 Å². The molecule has 0 spiro atoms. The maximum Gasteiger partial charge on any atom is 0.254 e. The normalized spacial score (nSPS) is 14.1. The number of guanidine groups is 1. The first-order valence-electron chi connectivity index (χ1n) is 9.81. The largest absolute Gasteiger partial charge is 0.497 e. The zero-order valence-corrected chi connectivity index (χ0v) is 17.3. The van der Waals surface area contributed by atoms with E-state index in [1.54, 1.807) is 31.2 Å². The number of rotatable bonds is 6. The Balaban J connectivity index is 1.49. The predicted molar refractivity (Wildman–Crippen MR) is 115 cm³/mol. The molecule has 158 valence electrons. The zero-order chi connectivity index (χ0) is 21.3. The maximum atomic E-state index is 12.5. The number of methoxy groups -OCH3 is 1. The third kappa shape index (κ3) is 5.73. The smallest absolute Gasteiger partial charge is 0.254 e. The summed E-state index contributed by atoms with van der Waals surface area (Å²) in [5.41, 5.74) is 2.72. The number of benzene rings is 2. The molecule has 0 saturated carbocycles. The number of aliphatic imine (C=N–C) groups is 1. The third-order valence-electron chi connectivity index (χ3n) is 4.83. The molecular weight excluding hydrogens is 382 g/mol. The lowest BCUT2D eigenvalue weighted by Gasteiger charge is -2.26. The third-order valence-corrected chi connectivity index (χ3v) is 4.83. The van der Waals surface area contributed by atoms with Gasteiger partial charge in [-0.1, -0.05) is 24.3 Å². The van der Waals surface area contributed by atoms with Crippen molar-refractivity contribution in [3.05, 3.63) is 65.2 Å². The molecule has 2 aromatic rings. The van der Waals surface area contributed by atoms with Crippen molar-refractivity contribution in [1.82, 2.24) is 20.9 Å². The number of carbonyl (C=O) groups excluding carboxylic acids is 2. The minimum Gasteiger partial charge on any atom is -0.497 e. The fraction of sp³-hybridized carbons (Fsp3) is 0.318. The number of piperazine rings is 1. The minimum absolute atomic E-state index is 0.109. The number of nitrogens with one attached hydrogen (secondary N) is 3. The van der Waals surface area contributed by atoms with E-state index in [0.717, 1.165) is 16.9 Å². The van der Waals surface area contributed by atoms with Crippen LogP contribution in [0.5, 0.6) is 5.75 Å². The Labute approximate surface area is 176 Å². The molecule has 2 aromatic carbocycles. The van der Waals surface area contributed by atoms with Gasteiger partial charge in [-0.05, 0) is 35.4 Å². The lowest BCUT2D eigenvalue weighted by atomic mass is 10.1. The topological polar surface area (TPSA) is 95.1 Å². The van der Waals surface area contributed by atoms with Crippen LogP contribution in [0, 0.1) is 0 Å². The van der Waals surface area contributed by atoms with Crippen LogP contribution in [0.1, 0.15) is 21.5 Å². The van der Waals surface area contributed by atoms with Gasteiger partial charge in [0.1, 0.15) is 5.75 Å². The van der Waals surface area contributed by atoms with Crippen molar-refractivity contribution < 1.29 is 14.3 Å². The van der Waals surface area contributed by atoms with Gasteiger partial charge in [-0.15, -0.1) is 0 Å². The molecule has 1 aliphatic heterocycles. The van der Waals surface area contributed by atoms with Crippen LogP contribution in [-0.4, -0.2) is 56.5 Å². The number of carbonyl (C=O) groups is 2. The first-order valence-corrected chi connectivity index (χ1v) is 9.81. The standard InChI is InChI=1S/C22H27N5O3/c1-23-22(26-14-17-5-9-19(30-2)10-6-17)25-13-16-3-7-18(8-4-16)21(29)27-12-11-24-20(28)15-27/h3-10H,11-15H2,1-2H3,(H,24,28)(H2,23,25,26). The summed E-state index contributed by atoms with van der Waals surface area (Å²) >= 11 is 0. The van der Waals surface area contributed by atoms with Gasteiger partial charge in [-0.25, -0.2) is 0 Å². The van der Waals surface area contributed by atoms with Gasteiger partial charge in [0, 0.05) is 38.8 Å². The quantitative estimate of drug-likeness (QED) is 0.491. The molecule has 0 aliphatic carbocycles. The van der Waals surface area contributed by atoms with Gasteiger partial charge in [0.05, 0.1) is 13.7 Å². The van der Waals surface area contributed by atoms with Crippen LogP contribution in [-0.2, 0) is 17.9 Å². The lowest BCUT2D eigenvalue weighted by Crippen LogP contribution is -2.49. The lowest BCUT2D eigenvalue weighted by molar-refractivity contribution is -0.123. The van der Waals surface area contributed by atoms with E-state index in [4.69, 9.17) is 4.74 Å². The predicted octanol–water partition coefficient (Wildman–Crippen LogP) is 1.13. The minimum atomic E-state index is -0.124. The summed E-state index contributed by atoms with van der Waals surface area (Å²) in [6.45, 7) is 2.35. The van der Waals surface area contributed by atoms with Crippen LogP contribution >= 0.6 is 0 Å². The van der Waals surface area contributed by atoms with Crippen LogP contribution in [0.15, 0.2) is 53.5 Å². The van der Waals surface area contributed by atoms with E-state index < -0.39 is 0 Å². The van der Waals surface area contributed by atoms with Crippen molar-refractivity contribution in [2.24, 2.45) is 4.99 Å². The monoisotopic (exact) mass is 409 g/mol. The van der Waals surface area contributed by atoms with Crippen LogP contribution < -0.4 is 20.7 Å². The van der Waals surface area contributed by atoms with Crippen molar-refractivity contribution in [2.75, 3.05) is 33.8 Å². The fourth-order valence-corrected chi connectivity index (χ4v) is 3.10. The molecule has 0 unspecified atom stereocenters. The van der Waals surface area contributed by atoms with Crippen LogP contribution in [0.25, 0.3) is 0 Å². The molecule has 8 heteroatoms. The molecule has 0 radical (unpaired) electrons. The second-order valence-corrected chi connectivity index (χ2v) is 6.90. The first kappa shape index (κ1) is 21.2. The maximum absolute atomic E-state index is 12.5. The highest BCUT2D eigenvalue weighted by Gasteiger charge is 2.22. The first-order chi connectivity index (χ1) is 14.6. The van der Waals surface area contributed by atoms with Crippen molar-refractivity contribution in [2.45, 2.75) is 13.1 Å².